The molecule has 2 rings (SSSR count). The summed E-state index contributed by atoms with van der Waals surface area (Å²) in [6.45, 7) is 7.92. The molecule has 2 unspecified atom stereocenters. The molecule has 1 saturated heterocycles. The standard InChI is InChI=1S/C16H23N3O2/c1-5-16(13-7-6-10(2)8-11(13)3)14(20)19(12(4)9-17)15(21)18-16/h6-8,12H,5,9,17H2,1-4H3,(H,18,21). The fraction of sp³-hybridized carbons (Fsp3) is 0.500. The van der Waals surface area contributed by atoms with Crippen molar-refractivity contribution in [1.82, 2.24) is 10.2 Å². The molecule has 1 fully saturated rings. The van der Waals surface area contributed by atoms with Gasteiger partial charge in [-0.15, -0.1) is 0 Å². The van der Waals surface area contributed by atoms with Crippen molar-refractivity contribution < 1.29 is 9.59 Å². The molecule has 0 saturated carbocycles. The first kappa shape index (κ1) is 15.5. The molecule has 21 heavy (non-hydrogen) atoms. The molecule has 1 aromatic rings. The van der Waals surface area contributed by atoms with Crippen LogP contribution in [0.25, 0.3) is 0 Å². The lowest BCUT2D eigenvalue weighted by atomic mass is 9.83. The highest BCUT2D eigenvalue weighted by atomic mass is 16.2. The Morgan fingerprint density at radius 1 is 1.33 bits per heavy atom. The second kappa shape index (κ2) is 5.48. The van der Waals surface area contributed by atoms with Crippen molar-refractivity contribution in [3.8, 4) is 0 Å². The van der Waals surface area contributed by atoms with Crippen LogP contribution in [0.5, 0.6) is 0 Å². The van der Waals surface area contributed by atoms with Crippen LogP contribution in [0.1, 0.15) is 37.0 Å². The number of rotatable bonds is 4. The number of hydrogen-bond acceptors (Lipinski definition) is 3. The third kappa shape index (κ3) is 2.31. The van der Waals surface area contributed by atoms with Crippen LogP contribution in [0, 0.1) is 13.8 Å². The molecule has 0 aliphatic carbocycles. The zero-order chi connectivity index (χ0) is 15.8. The van der Waals surface area contributed by atoms with Crippen molar-refractivity contribution in [1.29, 1.82) is 0 Å². The number of carbonyl (C=O) groups is 2. The van der Waals surface area contributed by atoms with E-state index in [0.717, 1.165) is 16.7 Å². The molecule has 3 amide bonds. The van der Waals surface area contributed by atoms with Crippen LogP contribution in [-0.4, -0.2) is 29.4 Å². The Labute approximate surface area is 125 Å². The van der Waals surface area contributed by atoms with Crippen molar-refractivity contribution in [2.45, 2.75) is 45.7 Å². The van der Waals surface area contributed by atoms with Gasteiger partial charge in [0.25, 0.3) is 5.91 Å². The number of hydrogen-bond donors (Lipinski definition) is 2. The predicted octanol–water partition coefficient (Wildman–Crippen LogP) is 1.81. The van der Waals surface area contributed by atoms with E-state index in [2.05, 4.69) is 5.32 Å². The molecular formula is C16H23N3O2. The maximum Gasteiger partial charge on any atom is 0.325 e. The van der Waals surface area contributed by atoms with Crippen molar-refractivity contribution >= 4 is 11.9 Å². The molecule has 2 atom stereocenters. The number of aryl methyl sites for hydroxylation is 2. The van der Waals surface area contributed by atoms with Crippen molar-refractivity contribution in [3.63, 3.8) is 0 Å². The lowest BCUT2D eigenvalue weighted by molar-refractivity contribution is -0.133. The summed E-state index contributed by atoms with van der Waals surface area (Å²) in [5.74, 6) is -0.208. The molecule has 1 heterocycles. The number of benzene rings is 1. The Morgan fingerprint density at radius 2 is 2.00 bits per heavy atom. The molecule has 0 bridgehead atoms. The van der Waals surface area contributed by atoms with Gasteiger partial charge in [-0.1, -0.05) is 30.7 Å². The third-order valence-electron chi connectivity index (χ3n) is 4.28. The van der Waals surface area contributed by atoms with Crippen molar-refractivity contribution in [3.05, 3.63) is 34.9 Å². The Bertz CT molecular complexity index is 585. The van der Waals surface area contributed by atoms with E-state index < -0.39 is 5.54 Å². The van der Waals surface area contributed by atoms with Crippen molar-refractivity contribution in [2.24, 2.45) is 5.73 Å². The van der Waals surface area contributed by atoms with Gasteiger partial charge in [0.2, 0.25) is 0 Å². The van der Waals surface area contributed by atoms with Gasteiger partial charge in [0.05, 0.1) is 6.04 Å². The molecule has 0 radical (unpaired) electrons. The van der Waals surface area contributed by atoms with E-state index in [-0.39, 0.29) is 24.5 Å². The van der Waals surface area contributed by atoms with E-state index in [1.165, 1.54) is 4.90 Å². The highest BCUT2D eigenvalue weighted by Gasteiger charge is 2.52. The highest BCUT2D eigenvalue weighted by molar-refractivity contribution is 6.07. The average molecular weight is 289 g/mol. The van der Waals surface area contributed by atoms with E-state index in [9.17, 15) is 9.59 Å². The number of nitrogens with two attached hydrogens (primary N) is 1. The Hall–Kier alpha value is -1.88. The molecule has 3 N–H and O–H groups in total. The van der Waals surface area contributed by atoms with Crippen LogP contribution in [0.15, 0.2) is 18.2 Å². The second-order valence-corrected chi connectivity index (χ2v) is 5.77. The summed E-state index contributed by atoms with van der Waals surface area (Å²) in [4.78, 5) is 26.4. The summed E-state index contributed by atoms with van der Waals surface area (Å²) >= 11 is 0. The zero-order valence-corrected chi connectivity index (χ0v) is 13.1. The van der Waals surface area contributed by atoms with Gasteiger partial charge in [-0.3, -0.25) is 9.69 Å². The molecular weight excluding hydrogens is 266 g/mol. The lowest BCUT2D eigenvalue weighted by Crippen LogP contribution is -2.46. The topological polar surface area (TPSA) is 75.4 Å². The van der Waals surface area contributed by atoms with Crippen LogP contribution >= 0.6 is 0 Å². The number of amides is 3. The summed E-state index contributed by atoms with van der Waals surface area (Å²) in [6.07, 6.45) is 0.509. The van der Waals surface area contributed by atoms with Gasteiger partial charge in [-0.05, 0) is 38.3 Å². The molecule has 0 spiro atoms. The smallest absolute Gasteiger partial charge is 0.325 e. The summed E-state index contributed by atoms with van der Waals surface area (Å²) in [6, 6.07) is 5.26. The quantitative estimate of drug-likeness (QED) is 0.830. The largest absolute Gasteiger partial charge is 0.328 e. The van der Waals surface area contributed by atoms with Gasteiger partial charge in [0.15, 0.2) is 0 Å². The van der Waals surface area contributed by atoms with Crippen LogP contribution in [-0.2, 0) is 10.3 Å². The first-order chi connectivity index (χ1) is 9.87. The second-order valence-electron chi connectivity index (χ2n) is 5.77. The Kier molecular flexibility index (Phi) is 4.05. The average Bonchev–Trinajstić information content (AvgIpc) is 2.70. The minimum Gasteiger partial charge on any atom is -0.328 e. The number of nitrogens with one attached hydrogen (secondary N) is 1. The normalized spacial score (nSPS) is 23.4. The Morgan fingerprint density at radius 3 is 2.52 bits per heavy atom. The summed E-state index contributed by atoms with van der Waals surface area (Å²) in [7, 11) is 0. The lowest BCUT2D eigenvalue weighted by Gasteiger charge is -2.28. The van der Waals surface area contributed by atoms with Gasteiger partial charge in [0.1, 0.15) is 5.54 Å². The summed E-state index contributed by atoms with van der Waals surface area (Å²) < 4.78 is 0. The molecule has 114 valence electrons. The van der Waals surface area contributed by atoms with Gasteiger partial charge >= 0.3 is 6.03 Å². The first-order valence-corrected chi connectivity index (χ1v) is 7.31. The van der Waals surface area contributed by atoms with Gasteiger partial charge < -0.3 is 11.1 Å². The number of carbonyl (C=O) groups excluding carboxylic acids is 2. The molecule has 1 aliphatic rings. The van der Waals surface area contributed by atoms with E-state index in [4.69, 9.17) is 5.73 Å². The molecule has 1 aromatic carbocycles. The van der Waals surface area contributed by atoms with Gasteiger partial charge in [-0.2, -0.15) is 0 Å². The monoisotopic (exact) mass is 289 g/mol. The third-order valence-corrected chi connectivity index (χ3v) is 4.28. The maximum atomic E-state index is 12.9. The summed E-state index contributed by atoms with van der Waals surface area (Å²) in [5.41, 5.74) is 7.65. The fourth-order valence-electron chi connectivity index (χ4n) is 3.00. The first-order valence-electron chi connectivity index (χ1n) is 7.31. The molecule has 5 nitrogen and oxygen atoms in total. The number of nitrogens with zero attached hydrogens (tertiary/aromatic N) is 1. The molecule has 0 aromatic heterocycles. The van der Waals surface area contributed by atoms with Crippen LogP contribution in [0.2, 0.25) is 0 Å². The SMILES string of the molecule is CCC1(c2ccc(C)cc2C)NC(=O)N(C(C)CN)C1=O. The maximum absolute atomic E-state index is 12.9. The van der Waals surface area contributed by atoms with Crippen LogP contribution in [0.3, 0.4) is 0 Å². The fourth-order valence-corrected chi connectivity index (χ4v) is 3.00. The minimum atomic E-state index is -0.974. The Balaban J connectivity index is 2.53. The zero-order valence-electron chi connectivity index (χ0n) is 13.1. The predicted molar refractivity (Wildman–Crippen MR) is 81.8 cm³/mol. The van der Waals surface area contributed by atoms with Gasteiger partial charge in [-0.25, -0.2) is 4.79 Å². The molecule has 5 heteroatoms. The van der Waals surface area contributed by atoms with Crippen molar-refractivity contribution in [2.75, 3.05) is 6.54 Å². The van der Waals surface area contributed by atoms with E-state index in [1.54, 1.807) is 6.92 Å². The number of urea groups is 1. The van der Waals surface area contributed by atoms with E-state index in [0.29, 0.717) is 6.42 Å². The minimum absolute atomic E-state index is 0.208. The van der Waals surface area contributed by atoms with E-state index >= 15 is 0 Å². The number of imide groups is 1. The van der Waals surface area contributed by atoms with Crippen LogP contribution < -0.4 is 11.1 Å². The van der Waals surface area contributed by atoms with Gasteiger partial charge in [0, 0.05) is 6.54 Å². The summed E-state index contributed by atoms with van der Waals surface area (Å²) in [5, 5.41) is 2.89. The van der Waals surface area contributed by atoms with E-state index in [1.807, 2.05) is 39.0 Å². The molecule has 1 aliphatic heterocycles. The highest BCUT2D eigenvalue weighted by Crippen LogP contribution is 2.35. The van der Waals surface area contributed by atoms with Crippen LogP contribution in [0.4, 0.5) is 4.79 Å².